The molecule has 3 fully saturated rings. The van der Waals surface area contributed by atoms with Crippen molar-refractivity contribution >= 4 is 11.4 Å². The lowest BCUT2D eigenvalue weighted by Crippen LogP contribution is -2.28. The summed E-state index contributed by atoms with van der Waals surface area (Å²) < 4.78 is 25.5. The van der Waals surface area contributed by atoms with Crippen molar-refractivity contribution in [2.75, 3.05) is 31.2 Å². The third-order valence-corrected chi connectivity index (χ3v) is 5.47. The van der Waals surface area contributed by atoms with Crippen molar-refractivity contribution in [1.29, 1.82) is 0 Å². The molecule has 0 amide bonds. The molecule has 2 heterocycles. The van der Waals surface area contributed by atoms with Gasteiger partial charge < -0.3 is 14.4 Å². The molecule has 3 atom stereocenters. The van der Waals surface area contributed by atoms with Gasteiger partial charge >= 0.3 is 0 Å². The molecule has 6 nitrogen and oxygen atoms in total. The number of nitro groups is 1. The van der Waals surface area contributed by atoms with Crippen LogP contribution in [0.3, 0.4) is 0 Å². The number of nitrogens with zero attached hydrogens (tertiary/aromatic N) is 2. The Bertz CT molecular complexity index is 623. The zero-order chi connectivity index (χ0) is 16.7. The molecule has 3 aliphatic rings. The highest BCUT2D eigenvalue weighted by atomic mass is 19.1. The van der Waals surface area contributed by atoms with Crippen LogP contribution < -0.4 is 4.90 Å². The van der Waals surface area contributed by atoms with E-state index in [9.17, 15) is 14.5 Å². The van der Waals surface area contributed by atoms with Gasteiger partial charge in [-0.05, 0) is 43.1 Å². The molecule has 7 heteroatoms. The summed E-state index contributed by atoms with van der Waals surface area (Å²) in [6, 6.07) is 3.88. The Labute approximate surface area is 139 Å². The summed E-state index contributed by atoms with van der Waals surface area (Å²) in [4.78, 5) is 12.1. The van der Waals surface area contributed by atoms with Gasteiger partial charge in [-0.25, -0.2) is 4.39 Å². The van der Waals surface area contributed by atoms with Crippen LogP contribution in [-0.4, -0.2) is 37.5 Å². The number of ether oxygens (including phenoxy) is 2. The lowest BCUT2D eigenvalue weighted by molar-refractivity contribution is -0.385. The first-order valence-electron chi connectivity index (χ1n) is 8.55. The second-order valence-corrected chi connectivity index (χ2v) is 6.92. The Kier molecular flexibility index (Phi) is 4.14. The lowest BCUT2D eigenvalue weighted by Gasteiger charge is -2.25. The van der Waals surface area contributed by atoms with E-state index in [0.717, 1.165) is 51.6 Å². The van der Waals surface area contributed by atoms with Crippen LogP contribution in [0.1, 0.15) is 19.3 Å². The number of fused-ring (bicyclic) bond motifs is 1. The highest BCUT2D eigenvalue weighted by Gasteiger charge is 2.56. The van der Waals surface area contributed by atoms with Crippen molar-refractivity contribution in [2.24, 2.45) is 17.8 Å². The average Bonchev–Trinajstić information content (AvgIpc) is 3.03. The number of rotatable bonds is 5. The number of anilines is 1. The monoisotopic (exact) mass is 336 g/mol. The number of non-ortho nitro benzene ring substituents is 1. The largest absolute Gasteiger partial charge is 0.369 e. The summed E-state index contributed by atoms with van der Waals surface area (Å²) in [7, 11) is 0. The van der Waals surface area contributed by atoms with E-state index in [1.807, 2.05) is 4.90 Å². The van der Waals surface area contributed by atoms with Crippen molar-refractivity contribution in [3.8, 4) is 0 Å². The summed E-state index contributed by atoms with van der Waals surface area (Å²) in [5.74, 6) is 1.08. The first-order chi connectivity index (χ1) is 11.6. The minimum atomic E-state index is -0.574. The molecule has 2 aliphatic heterocycles. The Morgan fingerprint density at radius 1 is 1.33 bits per heavy atom. The molecule has 3 unspecified atom stereocenters. The van der Waals surface area contributed by atoms with E-state index in [1.165, 1.54) is 12.1 Å². The predicted molar refractivity (Wildman–Crippen MR) is 85.3 cm³/mol. The van der Waals surface area contributed by atoms with Crippen molar-refractivity contribution in [3.05, 3.63) is 34.1 Å². The van der Waals surface area contributed by atoms with E-state index < -0.39 is 10.7 Å². The number of hydrogen-bond donors (Lipinski definition) is 0. The van der Waals surface area contributed by atoms with Gasteiger partial charge in [0, 0.05) is 25.8 Å². The molecule has 0 spiro atoms. The lowest BCUT2D eigenvalue weighted by atomic mass is 10.2. The van der Waals surface area contributed by atoms with Gasteiger partial charge in [-0.1, -0.05) is 0 Å². The van der Waals surface area contributed by atoms with Gasteiger partial charge in [-0.2, -0.15) is 0 Å². The summed E-state index contributed by atoms with van der Waals surface area (Å²) >= 11 is 0. The summed E-state index contributed by atoms with van der Waals surface area (Å²) in [5.41, 5.74) is 0.252. The van der Waals surface area contributed by atoms with Gasteiger partial charge in [-0.3, -0.25) is 10.1 Å². The second kappa shape index (κ2) is 6.29. The standard InChI is InChI=1S/C17H21FN2O4/c18-15-7-11(20(21)22)4-5-16(15)19-8-12-13(9-19)14(12)10-24-17-3-1-2-6-23-17/h4-5,7,12-14,17H,1-3,6,8-10H2. The van der Waals surface area contributed by atoms with Crippen LogP contribution in [0, 0.1) is 33.7 Å². The third kappa shape index (κ3) is 2.98. The molecule has 1 aliphatic carbocycles. The van der Waals surface area contributed by atoms with Crippen LogP contribution in [0.4, 0.5) is 15.8 Å². The Morgan fingerprint density at radius 3 is 2.75 bits per heavy atom. The van der Waals surface area contributed by atoms with Crippen LogP contribution in [-0.2, 0) is 9.47 Å². The predicted octanol–water partition coefficient (Wildman–Crippen LogP) is 2.96. The van der Waals surface area contributed by atoms with E-state index in [0.29, 0.717) is 23.4 Å². The first kappa shape index (κ1) is 15.8. The van der Waals surface area contributed by atoms with Gasteiger partial charge in [0.25, 0.3) is 5.69 Å². The second-order valence-electron chi connectivity index (χ2n) is 6.92. The van der Waals surface area contributed by atoms with Crippen LogP contribution in [0.15, 0.2) is 18.2 Å². The smallest absolute Gasteiger partial charge is 0.272 e. The van der Waals surface area contributed by atoms with Gasteiger partial charge in [0.1, 0.15) is 0 Å². The van der Waals surface area contributed by atoms with Crippen LogP contribution in [0.5, 0.6) is 0 Å². The van der Waals surface area contributed by atoms with E-state index in [-0.39, 0.29) is 12.0 Å². The number of hydrogen-bond acceptors (Lipinski definition) is 5. The van der Waals surface area contributed by atoms with Gasteiger partial charge in [-0.15, -0.1) is 0 Å². The fraction of sp³-hybridized carbons (Fsp3) is 0.647. The molecule has 0 radical (unpaired) electrons. The molecule has 1 aromatic rings. The molecule has 0 aromatic heterocycles. The van der Waals surface area contributed by atoms with Crippen molar-refractivity contribution in [2.45, 2.75) is 25.6 Å². The van der Waals surface area contributed by atoms with Crippen LogP contribution in [0.25, 0.3) is 0 Å². The van der Waals surface area contributed by atoms with Crippen LogP contribution >= 0.6 is 0 Å². The highest BCUT2D eigenvalue weighted by Crippen LogP contribution is 2.53. The van der Waals surface area contributed by atoms with E-state index in [2.05, 4.69) is 0 Å². The highest BCUT2D eigenvalue weighted by molar-refractivity contribution is 5.54. The van der Waals surface area contributed by atoms with Crippen LogP contribution in [0.2, 0.25) is 0 Å². The molecular weight excluding hydrogens is 315 g/mol. The maximum atomic E-state index is 14.1. The maximum absolute atomic E-state index is 14.1. The first-order valence-corrected chi connectivity index (χ1v) is 8.55. The van der Waals surface area contributed by atoms with E-state index in [4.69, 9.17) is 9.47 Å². The molecule has 1 saturated carbocycles. The van der Waals surface area contributed by atoms with Crippen molar-refractivity contribution in [1.82, 2.24) is 0 Å². The summed E-state index contributed by atoms with van der Waals surface area (Å²) in [6.45, 7) is 3.09. The molecule has 0 bridgehead atoms. The fourth-order valence-corrected chi connectivity index (χ4v) is 4.02. The van der Waals surface area contributed by atoms with Gasteiger partial charge in [0.05, 0.1) is 23.3 Å². The molecule has 4 rings (SSSR count). The molecular formula is C17H21FN2O4. The average molecular weight is 336 g/mol. The molecule has 24 heavy (non-hydrogen) atoms. The zero-order valence-corrected chi connectivity index (χ0v) is 13.4. The molecule has 2 saturated heterocycles. The number of benzene rings is 1. The quantitative estimate of drug-likeness (QED) is 0.611. The maximum Gasteiger partial charge on any atom is 0.272 e. The number of halogens is 1. The minimum Gasteiger partial charge on any atom is -0.369 e. The summed E-state index contributed by atoms with van der Waals surface area (Å²) in [5, 5.41) is 10.7. The zero-order valence-electron chi connectivity index (χ0n) is 13.4. The fourth-order valence-electron chi connectivity index (χ4n) is 4.02. The molecule has 0 N–H and O–H groups in total. The SMILES string of the molecule is O=[N+]([O-])c1ccc(N2CC3C(COC4CCCCO4)C3C2)c(F)c1. The minimum absolute atomic E-state index is 0.0525. The molecule has 1 aromatic carbocycles. The van der Waals surface area contributed by atoms with Gasteiger partial charge in [0.15, 0.2) is 12.1 Å². The topological polar surface area (TPSA) is 64.8 Å². The Hall–Kier alpha value is -1.73. The Balaban J connectivity index is 1.29. The van der Waals surface area contributed by atoms with E-state index >= 15 is 0 Å². The Morgan fingerprint density at radius 2 is 2.12 bits per heavy atom. The molecule has 130 valence electrons. The summed E-state index contributed by atoms with van der Waals surface area (Å²) in [6.07, 6.45) is 3.20. The number of piperidine rings is 1. The third-order valence-electron chi connectivity index (χ3n) is 5.47. The normalized spacial score (nSPS) is 31.8. The van der Waals surface area contributed by atoms with Crippen molar-refractivity contribution in [3.63, 3.8) is 0 Å². The van der Waals surface area contributed by atoms with Gasteiger partial charge in [0.2, 0.25) is 0 Å². The van der Waals surface area contributed by atoms with E-state index in [1.54, 1.807) is 0 Å². The van der Waals surface area contributed by atoms with Crippen molar-refractivity contribution < 1.29 is 18.8 Å². The number of nitro benzene ring substituents is 1.